The number of nitrogens with zero attached hydrogens (tertiary/aromatic N) is 2. The van der Waals surface area contributed by atoms with Crippen molar-refractivity contribution in [3.8, 4) is 5.88 Å². The molecule has 1 unspecified atom stereocenters. The third-order valence-electron chi connectivity index (χ3n) is 2.36. The SMILES string of the molecule is CCCC(C)Oc1cc(Cl)nc(C(C)(C)C)n1. The molecule has 0 fully saturated rings. The third kappa shape index (κ3) is 4.50. The zero-order chi connectivity index (χ0) is 13.1. The predicted octanol–water partition coefficient (Wildman–Crippen LogP) is 3.99. The molecule has 1 aromatic rings. The summed E-state index contributed by atoms with van der Waals surface area (Å²) in [6.45, 7) is 10.3. The molecule has 96 valence electrons. The minimum atomic E-state index is -0.128. The van der Waals surface area contributed by atoms with E-state index in [-0.39, 0.29) is 11.5 Å². The smallest absolute Gasteiger partial charge is 0.218 e. The Morgan fingerprint density at radius 3 is 2.53 bits per heavy atom. The highest BCUT2D eigenvalue weighted by molar-refractivity contribution is 6.29. The average molecular weight is 257 g/mol. The lowest BCUT2D eigenvalue weighted by atomic mass is 9.96. The van der Waals surface area contributed by atoms with E-state index in [4.69, 9.17) is 16.3 Å². The zero-order valence-electron chi connectivity index (χ0n) is 11.2. The van der Waals surface area contributed by atoms with Crippen molar-refractivity contribution < 1.29 is 4.74 Å². The van der Waals surface area contributed by atoms with Gasteiger partial charge in [0.2, 0.25) is 5.88 Å². The number of hydrogen-bond donors (Lipinski definition) is 0. The second-order valence-corrected chi connectivity index (χ2v) is 5.71. The molecule has 4 heteroatoms. The molecule has 0 aliphatic rings. The third-order valence-corrected chi connectivity index (χ3v) is 2.55. The number of ether oxygens (including phenoxy) is 1. The van der Waals surface area contributed by atoms with Crippen molar-refractivity contribution in [3.05, 3.63) is 17.0 Å². The van der Waals surface area contributed by atoms with Crippen LogP contribution in [-0.2, 0) is 5.41 Å². The molecule has 1 aromatic heterocycles. The molecule has 0 amide bonds. The highest BCUT2D eigenvalue weighted by atomic mass is 35.5. The maximum Gasteiger partial charge on any atom is 0.218 e. The molecular formula is C13H21ClN2O. The van der Waals surface area contributed by atoms with Gasteiger partial charge in [-0.1, -0.05) is 45.7 Å². The van der Waals surface area contributed by atoms with Gasteiger partial charge in [0.15, 0.2) is 0 Å². The summed E-state index contributed by atoms with van der Waals surface area (Å²) in [4.78, 5) is 8.64. The molecule has 1 heterocycles. The van der Waals surface area contributed by atoms with E-state index in [0.29, 0.717) is 16.9 Å². The summed E-state index contributed by atoms with van der Waals surface area (Å²) in [6.07, 6.45) is 2.25. The van der Waals surface area contributed by atoms with Crippen LogP contribution in [0.25, 0.3) is 0 Å². The first-order valence-corrected chi connectivity index (χ1v) is 6.42. The fourth-order valence-electron chi connectivity index (χ4n) is 1.46. The molecule has 0 saturated heterocycles. The van der Waals surface area contributed by atoms with E-state index in [1.807, 2.05) is 6.92 Å². The maximum atomic E-state index is 5.99. The van der Waals surface area contributed by atoms with Crippen molar-refractivity contribution in [1.82, 2.24) is 9.97 Å². The average Bonchev–Trinajstić information content (AvgIpc) is 2.15. The largest absolute Gasteiger partial charge is 0.475 e. The molecule has 3 nitrogen and oxygen atoms in total. The number of hydrogen-bond acceptors (Lipinski definition) is 3. The van der Waals surface area contributed by atoms with Gasteiger partial charge in [0.05, 0.1) is 6.10 Å². The summed E-state index contributed by atoms with van der Waals surface area (Å²) in [5.74, 6) is 1.28. The van der Waals surface area contributed by atoms with Gasteiger partial charge in [0.1, 0.15) is 11.0 Å². The Bertz CT molecular complexity index is 374. The van der Waals surface area contributed by atoms with Crippen LogP contribution in [0.2, 0.25) is 5.15 Å². The molecule has 0 aliphatic heterocycles. The summed E-state index contributed by atoms with van der Waals surface area (Å²) in [5, 5.41) is 0.434. The Labute approximate surface area is 109 Å². The summed E-state index contributed by atoms with van der Waals surface area (Å²) in [6, 6.07) is 1.67. The first-order chi connectivity index (χ1) is 7.82. The van der Waals surface area contributed by atoms with Gasteiger partial charge in [-0.25, -0.2) is 4.98 Å². The minimum absolute atomic E-state index is 0.128. The van der Waals surface area contributed by atoms with Crippen molar-refractivity contribution in [2.75, 3.05) is 0 Å². The van der Waals surface area contributed by atoms with E-state index in [2.05, 4.69) is 37.7 Å². The molecule has 0 aromatic carbocycles. The monoisotopic (exact) mass is 256 g/mol. The first-order valence-electron chi connectivity index (χ1n) is 6.04. The van der Waals surface area contributed by atoms with Crippen LogP contribution in [0, 0.1) is 0 Å². The van der Waals surface area contributed by atoms with Crippen molar-refractivity contribution in [1.29, 1.82) is 0 Å². The highest BCUT2D eigenvalue weighted by Crippen LogP contribution is 2.24. The second kappa shape index (κ2) is 5.67. The lowest BCUT2D eigenvalue weighted by molar-refractivity contribution is 0.199. The summed E-state index contributed by atoms with van der Waals surface area (Å²) in [5.41, 5.74) is -0.128. The maximum absolute atomic E-state index is 5.99. The van der Waals surface area contributed by atoms with E-state index >= 15 is 0 Å². The lowest BCUT2D eigenvalue weighted by Gasteiger charge is -2.19. The van der Waals surface area contributed by atoms with Crippen LogP contribution < -0.4 is 4.74 Å². The number of aromatic nitrogens is 2. The van der Waals surface area contributed by atoms with Crippen molar-refractivity contribution in [2.45, 2.75) is 59.0 Å². The molecule has 0 aliphatic carbocycles. The summed E-state index contributed by atoms with van der Waals surface area (Å²) < 4.78 is 5.74. The van der Waals surface area contributed by atoms with Crippen LogP contribution in [0.3, 0.4) is 0 Å². The number of halogens is 1. The number of rotatable bonds is 4. The van der Waals surface area contributed by atoms with Crippen LogP contribution in [0.5, 0.6) is 5.88 Å². The normalized spacial score (nSPS) is 13.5. The fourth-order valence-corrected chi connectivity index (χ4v) is 1.64. The van der Waals surface area contributed by atoms with E-state index < -0.39 is 0 Å². The molecule has 17 heavy (non-hydrogen) atoms. The molecule has 0 N–H and O–H groups in total. The van der Waals surface area contributed by atoms with Gasteiger partial charge >= 0.3 is 0 Å². The quantitative estimate of drug-likeness (QED) is 0.764. The Morgan fingerprint density at radius 1 is 1.35 bits per heavy atom. The zero-order valence-corrected chi connectivity index (χ0v) is 12.0. The molecular weight excluding hydrogens is 236 g/mol. The molecule has 0 bridgehead atoms. The van der Waals surface area contributed by atoms with Crippen molar-refractivity contribution in [2.24, 2.45) is 0 Å². The van der Waals surface area contributed by atoms with Gasteiger partial charge in [-0.15, -0.1) is 0 Å². The van der Waals surface area contributed by atoms with E-state index in [1.165, 1.54) is 0 Å². The van der Waals surface area contributed by atoms with Crippen LogP contribution in [0.1, 0.15) is 53.3 Å². The van der Waals surface area contributed by atoms with Gasteiger partial charge in [-0.2, -0.15) is 4.98 Å². The van der Waals surface area contributed by atoms with Crippen LogP contribution in [0.4, 0.5) is 0 Å². The van der Waals surface area contributed by atoms with Crippen molar-refractivity contribution in [3.63, 3.8) is 0 Å². The predicted molar refractivity (Wildman–Crippen MR) is 70.7 cm³/mol. The summed E-state index contributed by atoms with van der Waals surface area (Å²) in [7, 11) is 0. The minimum Gasteiger partial charge on any atom is -0.475 e. The van der Waals surface area contributed by atoms with Gasteiger partial charge in [-0.05, 0) is 13.3 Å². The lowest BCUT2D eigenvalue weighted by Crippen LogP contribution is -2.18. The topological polar surface area (TPSA) is 35.0 Å². The van der Waals surface area contributed by atoms with Gasteiger partial charge in [0.25, 0.3) is 0 Å². The fraction of sp³-hybridized carbons (Fsp3) is 0.692. The second-order valence-electron chi connectivity index (χ2n) is 5.32. The van der Waals surface area contributed by atoms with Gasteiger partial charge in [0, 0.05) is 11.5 Å². The first kappa shape index (κ1) is 14.2. The van der Waals surface area contributed by atoms with Crippen LogP contribution in [-0.4, -0.2) is 16.1 Å². The standard InChI is InChI=1S/C13H21ClN2O/c1-6-7-9(2)17-11-8-10(14)15-12(16-11)13(3,4)5/h8-9H,6-7H2,1-5H3. The van der Waals surface area contributed by atoms with E-state index in [9.17, 15) is 0 Å². The Balaban J connectivity index is 2.90. The van der Waals surface area contributed by atoms with Gasteiger partial charge < -0.3 is 4.74 Å². The Hall–Kier alpha value is -0.830. The Kier molecular flexibility index (Phi) is 4.75. The molecule has 0 saturated carbocycles. The van der Waals surface area contributed by atoms with E-state index in [1.54, 1.807) is 6.07 Å². The summed E-state index contributed by atoms with van der Waals surface area (Å²) >= 11 is 5.99. The van der Waals surface area contributed by atoms with E-state index in [0.717, 1.165) is 12.8 Å². The molecule has 0 spiro atoms. The molecule has 1 rings (SSSR count). The van der Waals surface area contributed by atoms with Crippen LogP contribution >= 0.6 is 11.6 Å². The Morgan fingerprint density at radius 2 is 2.00 bits per heavy atom. The van der Waals surface area contributed by atoms with Gasteiger partial charge in [-0.3, -0.25) is 0 Å². The van der Waals surface area contributed by atoms with Crippen molar-refractivity contribution >= 4 is 11.6 Å². The highest BCUT2D eigenvalue weighted by Gasteiger charge is 2.19. The molecule has 0 radical (unpaired) electrons. The molecule has 1 atom stereocenters. The van der Waals surface area contributed by atoms with Crippen LogP contribution in [0.15, 0.2) is 6.07 Å².